The largest absolute Gasteiger partial charge is 0.340 e. The zero-order valence-corrected chi connectivity index (χ0v) is 16.1. The van der Waals surface area contributed by atoms with Crippen molar-refractivity contribution in [3.63, 3.8) is 0 Å². The van der Waals surface area contributed by atoms with Crippen molar-refractivity contribution >= 4 is 17.4 Å². The van der Waals surface area contributed by atoms with Crippen LogP contribution in [0.15, 0.2) is 72.9 Å². The highest BCUT2D eigenvalue weighted by Crippen LogP contribution is 2.17. The van der Waals surface area contributed by atoms with Gasteiger partial charge in [-0.25, -0.2) is 9.37 Å². The van der Waals surface area contributed by atoms with Gasteiger partial charge in [-0.3, -0.25) is 9.69 Å². The molecular weight excluding hydrogens is 367 g/mol. The molecule has 0 spiro atoms. The number of rotatable bonds is 5. The number of carbonyl (C=O) groups excluding carboxylic acids is 1. The molecule has 1 aliphatic rings. The zero-order valence-electron chi connectivity index (χ0n) is 16.1. The van der Waals surface area contributed by atoms with Gasteiger partial charge in [-0.05, 0) is 35.9 Å². The Labute approximate surface area is 169 Å². The number of carbonyl (C=O) groups is 1. The van der Waals surface area contributed by atoms with Gasteiger partial charge in [-0.1, -0.05) is 36.4 Å². The summed E-state index contributed by atoms with van der Waals surface area (Å²) in [6.07, 6.45) is 1.57. The topological polar surface area (TPSA) is 48.5 Å². The van der Waals surface area contributed by atoms with E-state index in [1.807, 2.05) is 11.0 Å². The Kier molecular flexibility index (Phi) is 5.81. The number of anilines is 2. The van der Waals surface area contributed by atoms with E-state index in [-0.39, 0.29) is 11.7 Å². The lowest BCUT2D eigenvalue weighted by Crippen LogP contribution is -2.48. The minimum Gasteiger partial charge on any atom is -0.340 e. The summed E-state index contributed by atoms with van der Waals surface area (Å²) in [5, 5.41) is 3.04. The Morgan fingerprint density at radius 2 is 1.76 bits per heavy atom. The third-order valence-electron chi connectivity index (χ3n) is 5.02. The van der Waals surface area contributed by atoms with E-state index in [1.165, 1.54) is 17.7 Å². The molecule has 1 fully saturated rings. The Morgan fingerprint density at radius 1 is 0.966 bits per heavy atom. The molecule has 5 nitrogen and oxygen atoms in total. The van der Waals surface area contributed by atoms with Crippen molar-refractivity contribution in [2.45, 2.75) is 6.54 Å². The summed E-state index contributed by atoms with van der Waals surface area (Å²) < 4.78 is 13.3. The maximum atomic E-state index is 13.3. The molecule has 0 unspecified atom stereocenters. The van der Waals surface area contributed by atoms with Crippen LogP contribution < -0.4 is 5.32 Å². The SMILES string of the molecule is O=C(c1ccc(Nc2cccc(F)c2)nc1)N1CCN(Cc2ccccc2)CC1. The van der Waals surface area contributed by atoms with E-state index in [0.717, 1.165) is 19.6 Å². The molecule has 29 heavy (non-hydrogen) atoms. The van der Waals surface area contributed by atoms with Gasteiger partial charge in [-0.2, -0.15) is 0 Å². The van der Waals surface area contributed by atoms with Crippen LogP contribution in [0.3, 0.4) is 0 Å². The van der Waals surface area contributed by atoms with Crippen molar-refractivity contribution in [2.75, 3.05) is 31.5 Å². The number of nitrogens with one attached hydrogen (secondary N) is 1. The fourth-order valence-corrected chi connectivity index (χ4v) is 3.44. The second-order valence-electron chi connectivity index (χ2n) is 7.12. The number of hydrogen-bond acceptors (Lipinski definition) is 4. The molecule has 3 aromatic rings. The highest BCUT2D eigenvalue weighted by Gasteiger charge is 2.22. The molecule has 1 amide bonds. The smallest absolute Gasteiger partial charge is 0.255 e. The van der Waals surface area contributed by atoms with Crippen LogP contribution in [0.1, 0.15) is 15.9 Å². The van der Waals surface area contributed by atoms with E-state index < -0.39 is 0 Å². The maximum Gasteiger partial charge on any atom is 0.255 e. The van der Waals surface area contributed by atoms with Crippen LogP contribution in [-0.2, 0) is 6.54 Å². The van der Waals surface area contributed by atoms with Gasteiger partial charge in [0, 0.05) is 44.6 Å². The average Bonchev–Trinajstić information content (AvgIpc) is 2.75. The predicted octanol–water partition coefficient (Wildman–Crippen LogP) is 3.92. The molecule has 148 valence electrons. The number of halogens is 1. The van der Waals surface area contributed by atoms with E-state index in [4.69, 9.17) is 0 Å². The molecule has 2 aromatic carbocycles. The Balaban J connectivity index is 1.32. The van der Waals surface area contributed by atoms with Crippen LogP contribution in [0.2, 0.25) is 0 Å². The van der Waals surface area contributed by atoms with Gasteiger partial charge in [0.15, 0.2) is 0 Å². The first-order valence-corrected chi connectivity index (χ1v) is 9.71. The second kappa shape index (κ2) is 8.84. The van der Waals surface area contributed by atoms with E-state index >= 15 is 0 Å². The van der Waals surface area contributed by atoms with E-state index in [0.29, 0.717) is 30.2 Å². The number of benzene rings is 2. The van der Waals surface area contributed by atoms with Gasteiger partial charge in [-0.15, -0.1) is 0 Å². The van der Waals surface area contributed by atoms with E-state index in [9.17, 15) is 9.18 Å². The Morgan fingerprint density at radius 3 is 2.45 bits per heavy atom. The molecule has 0 aliphatic carbocycles. The number of hydrogen-bond donors (Lipinski definition) is 1. The molecule has 1 saturated heterocycles. The summed E-state index contributed by atoms with van der Waals surface area (Å²) in [5.74, 6) is 0.252. The summed E-state index contributed by atoms with van der Waals surface area (Å²) in [6, 6.07) is 20.1. The summed E-state index contributed by atoms with van der Waals surface area (Å²) in [7, 11) is 0. The second-order valence-corrected chi connectivity index (χ2v) is 7.12. The number of nitrogens with zero attached hydrogens (tertiary/aromatic N) is 3. The van der Waals surface area contributed by atoms with Gasteiger partial charge in [0.25, 0.3) is 5.91 Å². The van der Waals surface area contributed by atoms with Crippen LogP contribution in [-0.4, -0.2) is 46.9 Å². The van der Waals surface area contributed by atoms with Gasteiger partial charge >= 0.3 is 0 Å². The van der Waals surface area contributed by atoms with Crippen molar-refractivity contribution in [1.29, 1.82) is 0 Å². The van der Waals surface area contributed by atoms with Crippen LogP contribution in [0, 0.1) is 5.82 Å². The Bertz CT molecular complexity index is 954. The molecule has 6 heteroatoms. The van der Waals surface area contributed by atoms with Crippen molar-refractivity contribution < 1.29 is 9.18 Å². The molecule has 4 rings (SSSR count). The third-order valence-corrected chi connectivity index (χ3v) is 5.02. The van der Waals surface area contributed by atoms with E-state index in [2.05, 4.69) is 39.5 Å². The fraction of sp³-hybridized carbons (Fsp3) is 0.217. The zero-order chi connectivity index (χ0) is 20.1. The van der Waals surface area contributed by atoms with Crippen LogP contribution in [0.5, 0.6) is 0 Å². The molecule has 1 aliphatic heterocycles. The first kappa shape index (κ1) is 19.1. The van der Waals surface area contributed by atoms with Crippen LogP contribution in [0.25, 0.3) is 0 Å². The third kappa shape index (κ3) is 4.97. The summed E-state index contributed by atoms with van der Waals surface area (Å²) in [6.45, 7) is 4.02. The molecule has 1 N–H and O–H groups in total. The highest BCUT2D eigenvalue weighted by atomic mass is 19.1. The molecular formula is C23H23FN4O. The molecule has 0 bridgehead atoms. The van der Waals surface area contributed by atoms with Gasteiger partial charge in [0.1, 0.15) is 11.6 Å². The van der Waals surface area contributed by atoms with Gasteiger partial charge in [0.2, 0.25) is 0 Å². The summed E-state index contributed by atoms with van der Waals surface area (Å²) >= 11 is 0. The minimum absolute atomic E-state index is 0.00540. The molecule has 0 radical (unpaired) electrons. The van der Waals surface area contributed by atoms with E-state index in [1.54, 1.807) is 30.5 Å². The molecule has 0 saturated carbocycles. The summed E-state index contributed by atoms with van der Waals surface area (Å²) in [4.78, 5) is 21.3. The van der Waals surface area contributed by atoms with Gasteiger partial charge in [0.05, 0.1) is 5.56 Å². The van der Waals surface area contributed by atoms with Crippen LogP contribution in [0.4, 0.5) is 15.9 Å². The number of piperazine rings is 1. The fourth-order valence-electron chi connectivity index (χ4n) is 3.44. The maximum absolute atomic E-state index is 13.3. The molecule has 0 atom stereocenters. The average molecular weight is 390 g/mol. The standard InChI is InChI=1S/C23H23FN4O/c24-20-7-4-8-21(15-20)26-22-10-9-19(16-25-22)23(29)28-13-11-27(12-14-28)17-18-5-2-1-3-6-18/h1-10,15-16H,11-14,17H2,(H,25,26). The lowest BCUT2D eigenvalue weighted by atomic mass is 10.2. The number of aromatic nitrogens is 1. The first-order chi connectivity index (χ1) is 14.2. The lowest BCUT2D eigenvalue weighted by Gasteiger charge is -2.34. The Hall–Kier alpha value is -3.25. The predicted molar refractivity (Wildman–Crippen MR) is 112 cm³/mol. The normalized spacial score (nSPS) is 14.6. The number of amides is 1. The van der Waals surface area contributed by atoms with Crippen molar-refractivity contribution in [2.24, 2.45) is 0 Å². The van der Waals surface area contributed by atoms with Crippen molar-refractivity contribution in [3.05, 3.63) is 89.9 Å². The summed E-state index contributed by atoms with van der Waals surface area (Å²) in [5.41, 5.74) is 2.47. The quantitative estimate of drug-likeness (QED) is 0.717. The molecule has 1 aromatic heterocycles. The van der Waals surface area contributed by atoms with Crippen LogP contribution >= 0.6 is 0 Å². The monoisotopic (exact) mass is 390 g/mol. The van der Waals surface area contributed by atoms with Gasteiger partial charge < -0.3 is 10.2 Å². The molecule has 2 heterocycles. The van der Waals surface area contributed by atoms with Crippen molar-refractivity contribution in [3.8, 4) is 0 Å². The number of pyridine rings is 1. The lowest BCUT2D eigenvalue weighted by molar-refractivity contribution is 0.0628. The van der Waals surface area contributed by atoms with Crippen molar-refractivity contribution in [1.82, 2.24) is 14.8 Å². The minimum atomic E-state index is -0.312. The highest BCUT2D eigenvalue weighted by molar-refractivity contribution is 5.94. The first-order valence-electron chi connectivity index (χ1n) is 9.71.